The molecule has 1 N–H and O–H groups in total. The summed E-state index contributed by atoms with van der Waals surface area (Å²) in [4.78, 5) is 15.3. The van der Waals surface area contributed by atoms with Gasteiger partial charge in [0.2, 0.25) is 5.91 Å². The molecule has 1 amide bonds. The fraction of sp³-hybridized carbons (Fsp3) is 0.381. The van der Waals surface area contributed by atoms with E-state index in [4.69, 9.17) is 4.74 Å². The predicted octanol–water partition coefficient (Wildman–Crippen LogP) is 3.50. The second-order valence-corrected chi connectivity index (χ2v) is 7.60. The summed E-state index contributed by atoms with van der Waals surface area (Å²) in [7, 11) is 0. The monoisotopic (exact) mass is 388 g/mol. The van der Waals surface area contributed by atoms with Crippen molar-refractivity contribution in [1.82, 2.24) is 10.2 Å². The van der Waals surface area contributed by atoms with E-state index in [0.717, 1.165) is 13.1 Å². The van der Waals surface area contributed by atoms with Gasteiger partial charge in [-0.3, -0.25) is 9.69 Å². The van der Waals surface area contributed by atoms with Crippen LogP contribution in [-0.4, -0.2) is 48.9 Å². The fourth-order valence-electron chi connectivity index (χ4n) is 3.40. The number of carbonyl (C=O) groups excluding carboxylic acids is 1. The van der Waals surface area contributed by atoms with Crippen LogP contribution < -0.4 is 5.32 Å². The summed E-state index contributed by atoms with van der Waals surface area (Å²) < 4.78 is 19.2. The van der Waals surface area contributed by atoms with Crippen LogP contribution in [-0.2, 0) is 9.53 Å². The Balaban J connectivity index is 1.64. The molecule has 4 nitrogen and oxygen atoms in total. The molecule has 3 rings (SSSR count). The van der Waals surface area contributed by atoms with Gasteiger partial charge >= 0.3 is 0 Å². The zero-order chi connectivity index (χ0) is 19.1. The van der Waals surface area contributed by atoms with Crippen molar-refractivity contribution in [2.45, 2.75) is 23.9 Å². The number of rotatable bonds is 7. The third kappa shape index (κ3) is 5.54. The number of hydrogen-bond donors (Lipinski definition) is 1. The highest BCUT2D eigenvalue weighted by Gasteiger charge is 2.28. The number of thioether (sulfide) groups is 1. The van der Waals surface area contributed by atoms with Crippen molar-refractivity contribution in [2.24, 2.45) is 0 Å². The summed E-state index contributed by atoms with van der Waals surface area (Å²) in [6, 6.07) is 16.8. The Morgan fingerprint density at radius 2 is 1.81 bits per heavy atom. The molecule has 1 heterocycles. The van der Waals surface area contributed by atoms with Gasteiger partial charge in [-0.05, 0) is 24.6 Å². The predicted molar refractivity (Wildman–Crippen MR) is 106 cm³/mol. The van der Waals surface area contributed by atoms with E-state index in [-0.39, 0.29) is 29.6 Å². The van der Waals surface area contributed by atoms with E-state index in [1.807, 2.05) is 25.1 Å². The van der Waals surface area contributed by atoms with Crippen molar-refractivity contribution in [1.29, 1.82) is 0 Å². The zero-order valence-electron chi connectivity index (χ0n) is 15.4. The number of carbonyl (C=O) groups is 1. The van der Waals surface area contributed by atoms with Crippen LogP contribution in [0.3, 0.4) is 0 Å². The molecule has 1 fully saturated rings. The van der Waals surface area contributed by atoms with E-state index in [0.29, 0.717) is 18.1 Å². The van der Waals surface area contributed by atoms with Crippen molar-refractivity contribution >= 4 is 17.7 Å². The Hall–Kier alpha value is -1.89. The lowest BCUT2D eigenvalue weighted by molar-refractivity contribution is -0.119. The molecule has 6 heteroatoms. The Labute approximate surface area is 164 Å². The van der Waals surface area contributed by atoms with Gasteiger partial charge in [0.25, 0.3) is 0 Å². The van der Waals surface area contributed by atoms with Crippen LogP contribution in [0.15, 0.2) is 59.5 Å². The largest absolute Gasteiger partial charge is 0.379 e. The molecule has 27 heavy (non-hydrogen) atoms. The summed E-state index contributed by atoms with van der Waals surface area (Å²) in [5.41, 5.74) is 1.17. The third-order valence-electron chi connectivity index (χ3n) is 4.64. The lowest BCUT2D eigenvalue weighted by Gasteiger charge is -2.38. The molecule has 2 aromatic rings. The van der Waals surface area contributed by atoms with E-state index in [2.05, 4.69) is 22.3 Å². The molecule has 2 atom stereocenters. The van der Waals surface area contributed by atoms with E-state index in [1.165, 1.54) is 23.4 Å². The van der Waals surface area contributed by atoms with Crippen molar-refractivity contribution in [3.8, 4) is 0 Å². The molecule has 2 aromatic carbocycles. The van der Waals surface area contributed by atoms with Crippen molar-refractivity contribution < 1.29 is 13.9 Å². The van der Waals surface area contributed by atoms with Gasteiger partial charge in [0.1, 0.15) is 5.82 Å². The molecule has 1 aliphatic heterocycles. The van der Waals surface area contributed by atoms with Gasteiger partial charge in [0.05, 0.1) is 25.0 Å². The van der Waals surface area contributed by atoms with Gasteiger partial charge in [-0.1, -0.05) is 42.5 Å². The number of morpholine rings is 1. The Morgan fingerprint density at radius 1 is 1.15 bits per heavy atom. The summed E-state index contributed by atoms with van der Waals surface area (Å²) in [5, 5.41) is 3.10. The first-order valence-electron chi connectivity index (χ1n) is 9.18. The molecule has 0 radical (unpaired) electrons. The third-order valence-corrected chi connectivity index (χ3v) is 5.69. The van der Waals surface area contributed by atoms with Gasteiger partial charge < -0.3 is 10.1 Å². The van der Waals surface area contributed by atoms with Crippen molar-refractivity contribution in [2.75, 3.05) is 32.1 Å². The average Bonchev–Trinajstić information content (AvgIpc) is 2.69. The molecule has 0 saturated carbocycles. The Bertz CT molecular complexity index is 738. The topological polar surface area (TPSA) is 41.6 Å². The minimum absolute atomic E-state index is 0.0702. The second kappa shape index (κ2) is 9.88. The first-order valence-corrected chi connectivity index (χ1v) is 10.2. The highest BCUT2D eigenvalue weighted by atomic mass is 32.2. The van der Waals surface area contributed by atoms with Crippen LogP contribution in [0.25, 0.3) is 0 Å². The number of nitrogens with zero attached hydrogens (tertiary/aromatic N) is 1. The maximum Gasteiger partial charge on any atom is 0.230 e. The van der Waals surface area contributed by atoms with Crippen LogP contribution in [0.2, 0.25) is 0 Å². The Morgan fingerprint density at radius 3 is 2.52 bits per heavy atom. The number of benzene rings is 2. The SMILES string of the molecule is C[C@@H](NC(=O)CSc1ccccc1F)[C@@H](c1ccccc1)N1CCOCC1. The molecule has 0 aromatic heterocycles. The summed E-state index contributed by atoms with van der Waals surface area (Å²) in [5.74, 6) is -0.195. The molecular weight excluding hydrogens is 363 g/mol. The van der Waals surface area contributed by atoms with Gasteiger partial charge in [0, 0.05) is 24.0 Å². The van der Waals surface area contributed by atoms with Crippen LogP contribution in [0.1, 0.15) is 18.5 Å². The average molecular weight is 389 g/mol. The van der Waals surface area contributed by atoms with E-state index in [1.54, 1.807) is 18.2 Å². The number of amides is 1. The Kier molecular flexibility index (Phi) is 7.26. The van der Waals surface area contributed by atoms with Gasteiger partial charge in [0.15, 0.2) is 0 Å². The maximum atomic E-state index is 13.7. The van der Waals surface area contributed by atoms with Crippen molar-refractivity contribution in [3.63, 3.8) is 0 Å². The number of nitrogens with one attached hydrogen (secondary N) is 1. The molecule has 0 spiro atoms. The van der Waals surface area contributed by atoms with Crippen LogP contribution in [0.5, 0.6) is 0 Å². The van der Waals surface area contributed by atoms with Crippen LogP contribution in [0.4, 0.5) is 4.39 Å². The van der Waals surface area contributed by atoms with Crippen LogP contribution >= 0.6 is 11.8 Å². The molecule has 0 unspecified atom stereocenters. The first-order chi connectivity index (χ1) is 13.1. The maximum absolute atomic E-state index is 13.7. The summed E-state index contributed by atoms with van der Waals surface area (Å²) in [6.07, 6.45) is 0. The molecule has 1 saturated heterocycles. The lowest BCUT2D eigenvalue weighted by Crippen LogP contribution is -2.48. The standard InChI is InChI=1S/C21H25FN2O2S/c1-16(23-20(25)15-27-19-10-6-5-9-18(19)22)21(17-7-3-2-4-8-17)24-11-13-26-14-12-24/h2-10,16,21H,11-15H2,1H3,(H,23,25)/t16-,21+/m1/s1. The normalized spacial score (nSPS) is 17.3. The fourth-order valence-corrected chi connectivity index (χ4v) is 4.15. The minimum atomic E-state index is -0.293. The van der Waals surface area contributed by atoms with Crippen molar-refractivity contribution in [3.05, 3.63) is 66.0 Å². The number of halogens is 1. The quantitative estimate of drug-likeness (QED) is 0.737. The smallest absolute Gasteiger partial charge is 0.230 e. The van der Waals surface area contributed by atoms with Gasteiger partial charge in [-0.2, -0.15) is 0 Å². The van der Waals surface area contributed by atoms with Gasteiger partial charge in [-0.15, -0.1) is 11.8 Å². The molecule has 0 aliphatic carbocycles. The van der Waals surface area contributed by atoms with Gasteiger partial charge in [-0.25, -0.2) is 4.39 Å². The van der Waals surface area contributed by atoms with Crippen LogP contribution in [0, 0.1) is 5.82 Å². The molecule has 0 bridgehead atoms. The highest BCUT2D eigenvalue weighted by molar-refractivity contribution is 8.00. The number of ether oxygens (including phenoxy) is 1. The molecular formula is C21H25FN2O2S. The summed E-state index contributed by atoms with van der Waals surface area (Å²) in [6.45, 7) is 5.10. The van der Waals surface area contributed by atoms with E-state index >= 15 is 0 Å². The minimum Gasteiger partial charge on any atom is -0.379 e. The number of hydrogen-bond acceptors (Lipinski definition) is 4. The highest BCUT2D eigenvalue weighted by Crippen LogP contribution is 2.26. The molecule has 1 aliphatic rings. The zero-order valence-corrected chi connectivity index (χ0v) is 16.3. The first kappa shape index (κ1) is 19.9. The van der Waals surface area contributed by atoms with E-state index < -0.39 is 0 Å². The molecule has 144 valence electrons. The lowest BCUT2D eigenvalue weighted by atomic mass is 9.98. The van der Waals surface area contributed by atoms with E-state index in [9.17, 15) is 9.18 Å². The second-order valence-electron chi connectivity index (χ2n) is 6.58. The summed E-state index contributed by atoms with van der Waals surface area (Å²) >= 11 is 1.22.